The summed E-state index contributed by atoms with van der Waals surface area (Å²) in [5.74, 6) is 0.801. The van der Waals surface area contributed by atoms with Gasteiger partial charge in [0.05, 0.1) is 13.2 Å². The van der Waals surface area contributed by atoms with Crippen LogP contribution in [0.15, 0.2) is 48.5 Å². The van der Waals surface area contributed by atoms with E-state index in [0.717, 1.165) is 42.9 Å². The van der Waals surface area contributed by atoms with Crippen molar-refractivity contribution in [3.05, 3.63) is 54.1 Å². The standard InChI is InChI=1S/C21H27N3O3/c1-26-19-9-3-16(4-10-19)15-22-21(25)23-17-5-7-18(8-6-17)24-13-11-20(27-2)12-14-24/h3-10,20H,11-15H2,1-2H3,(H2,22,23,25). The zero-order valence-electron chi connectivity index (χ0n) is 15.9. The van der Waals surface area contributed by atoms with Crippen LogP contribution in [0.1, 0.15) is 18.4 Å². The van der Waals surface area contributed by atoms with E-state index in [-0.39, 0.29) is 6.03 Å². The van der Waals surface area contributed by atoms with Crippen molar-refractivity contribution in [2.75, 3.05) is 37.5 Å². The van der Waals surface area contributed by atoms with Crippen molar-refractivity contribution in [2.24, 2.45) is 0 Å². The van der Waals surface area contributed by atoms with Crippen LogP contribution in [0.4, 0.5) is 16.2 Å². The highest BCUT2D eigenvalue weighted by Crippen LogP contribution is 2.23. The summed E-state index contributed by atoms with van der Waals surface area (Å²) in [7, 11) is 3.41. The normalized spacial score (nSPS) is 14.7. The topological polar surface area (TPSA) is 62.8 Å². The van der Waals surface area contributed by atoms with E-state index in [4.69, 9.17) is 9.47 Å². The molecule has 0 aliphatic carbocycles. The minimum absolute atomic E-state index is 0.223. The van der Waals surface area contributed by atoms with Crippen LogP contribution in [0.3, 0.4) is 0 Å². The fourth-order valence-corrected chi connectivity index (χ4v) is 3.21. The number of methoxy groups -OCH3 is 2. The Kier molecular flexibility index (Phi) is 6.54. The zero-order chi connectivity index (χ0) is 19.1. The third kappa shape index (κ3) is 5.37. The fraction of sp³-hybridized carbons (Fsp3) is 0.381. The summed E-state index contributed by atoms with van der Waals surface area (Å²) in [5.41, 5.74) is 2.97. The number of nitrogens with one attached hydrogen (secondary N) is 2. The van der Waals surface area contributed by atoms with E-state index < -0.39 is 0 Å². The van der Waals surface area contributed by atoms with Gasteiger partial charge in [0.15, 0.2) is 0 Å². The Morgan fingerprint density at radius 2 is 1.70 bits per heavy atom. The molecule has 1 fully saturated rings. The highest BCUT2D eigenvalue weighted by atomic mass is 16.5. The molecular formula is C21H27N3O3. The van der Waals surface area contributed by atoms with Crippen molar-refractivity contribution >= 4 is 17.4 Å². The van der Waals surface area contributed by atoms with E-state index in [1.165, 1.54) is 5.69 Å². The summed E-state index contributed by atoms with van der Waals surface area (Å²) in [4.78, 5) is 14.4. The lowest BCUT2D eigenvalue weighted by molar-refractivity contribution is 0.0819. The molecule has 6 nitrogen and oxygen atoms in total. The maximum atomic E-state index is 12.1. The van der Waals surface area contributed by atoms with Crippen LogP contribution in [-0.2, 0) is 11.3 Å². The number of amides is 2. The molecule has 0 saturated carbocycles. The number of carbonyl (C=O) groups is 1. The molecular weight excluding hydrogens is 342 g/mol. The number of ether oxygens (including phenoxy) is 2. The van der Waals surface area contributed by atoms with Gasteiger partial charge < -0.3 is 25.0 Å². The van der Waals surface area contributed by atoms with Gasteiger partial charge in [-0.2, -0.15) is 0 Å². The maximum Gasteiger partial charge on any atom is 0.319 e. The minimum atomic E-state index is -0.223. The lowest BCUT2D eigenvalue weighted by Crippen LogP contribution is -2.36. The second-order valence-corrected chi connectivity index (χ2v) is 6.62. The van der Waals surface area contributed by atoms with E-state index >= 15 is 0 Å². The number of urea groups is 1. The maximum absolute atomic E-state index is 12.1. The number of carbonyl (C=O) groups excluding carboxylic acids is 1. The molecule has 1 saturated heterocycles. The quantitative estimate of drug-likeness (QED) is 0.816. The molecule has 2 N–H and O–H groups in total. The number of piperidine rings is 1. The summed E-state index contributed by atoms with van der Waals surface area (Å²) in [5, 5.41) is 5.73. The second-order valence-electron chi connectivity index (χ2n) is 6.62. The lowest BCUT2D eigenvalue weighted by Gasteiger charge is -2.33. The van der Waals surface area contributed by atoms with Crippen LogP contribution in [0, 0.1) is 0 Å². The monoisotopic (exact) mass is 369 g/mol. The van der Waals surface area contributed by atoms with Crippen LogP contribution in [0.25, 0.3) is 0 Å². The first kappa shape index (κ1) is 19.0. The second kappa shape index (κ2) is 9.28. The Bertz CT molecular complexity index is 723. The first-order chi connectivity index (χ1) is 13.2. The third-order valence-electron chi connectivity index (χ3n) is 4.88. The van der Waals surface area contributed by atoms with Gasteiger partial charge in [0.2, 0.25) is 0 Å². The van der Waals surface area contributed by atoms with Crippen LogP contribution in [0.5, 0.6) is 5.75 Å². The molecule has 2 amide bonds. The number of hydrogen-bond acceptors (Lipinski definition) is 4. The lowest BCUT2D eigenvalue weighted by atomic mass is 10.1. The molecule has 2 aromatic carbocycles. The van der Waals surface area contributed by atoms with Crippen LogP contribution >= 0.6 is 0 Å². The molecule has 1 heterocycles. The van der Waals surface area contributed by atoms with E-state index in [1.54, 1.807) is 14.2 Å². The Hall–Kier alpha value is -2.73. The van der Waals surface area contributed by atoms with E-state index in [0.29, 0.717) is 12.6 Å². The van der Waals surface area contributed by atoms with Crippen LogP contribution < -0.4 is 20.3 Å². The van der Waals surface area contributed by atoms with Crippen molar-refractivity contribution in [1.82, 2.24) is 5.32 Å². The Labute approximate surface area is 160 Å². The fourth-order valence-electron chi connectivity index (χ4n) is 3.21. The molecule has 0 bridgehead atoms. The number of nitrogens with zero attached hydrogens (tertiary/aromatic N) is 1. The first-order valence-electron chi connectivity index (χ1n) is 9.23. The summed E-state index contributed by atoms with van der Waals surface area (Å²) in [6.07, 6.45) is 2.46. The van der Waals surface area contributed by atoms with Gasteiger partial charge in [-0.25, -0.2) is 4.79 Å². The van der Waals surface area contributed by atoms with Crippen molar-refractivity contribution in [2.45, 2.75) is 25.5 Å². The molecule has 6 heteroatoms. The number of anilines is 2. The van der Waals surface area contributed by atoms with Gasteiger partial charge in [0, 0.05) is 38.1 Å². The van der Waals surface area contributed by atoms with Gasteiger partial charge in [-0.05, 0) is 54.8 Å². The Balaban J connectivity index is 1.46. The SMILES string of the molecule is COc1ccc(CNC(=O)Nc2ccc(N3CCC(OC)CC3)cc2)cc1. The van der Waals surface area contributed by atoms with E-state index in [9.17, 15) is 4.79 Å². The third-order valence-corrected chi connectivity index (χ3v) is 4.88. The molecule has 0 radical (unpaired) electrons. The summed E-state index contributed by atoms with van der Waals surface area (Å²) in [6.45, 7) is 2.45. The zero-order valence-corrected chi connectivity index (χ0v) is 15.9. The van der Waals surface area contributed by atoms with Crippen LogP contribution in [0.2, 0.25) is 0 Å². The van der Waals surface area contributed by atoms with Crippen molar-refractivity contribution < 1.29 is 14.3 Å². The van der Waals surface area contributed by atoms with Gasteiger partial charge >= 0.3 is 6.03 Å². The predicted molar refractivity (Wildman–Crippen MR) is 108 cm³/mol. The molecule has 0 aromatic heterocycles. The molecule has 144 valence electrons. The van der Waals surface area contributed by atoms with E-state index in [2.05, 4.69) is 15.5 Å². The molecule has 2 aromatic rings. The summed E-state index contributed by atoms with van der Waals surface area (Å²) in [6, 6.07) is 15.4. The molecule has 1 aliphatic heterocycles. The largest absolute Gasteiger partial charge is 0.497 e. The van der Waals surface area contributed by atoms with E-state index in [1.807, 2.05) is 48.5 Å². The summed E-state index contributed by atoms with van der Waals surface area (Å²) < 4.78 is 10.5. The molecule has 3 rings (SSSR count). The average molecular weight is 369 g/mol. The van der Waals surface area contributed by atoms with Crippen molar-refractivity contribution in [3.63, 3.8) is 0 Å². The van der Waals surface area contributed by atoms with Gasteiger partial charge in [0.1, 0.15) is 5.75 Å². The summed E-state index contributed by atoms with van der Waals surface area (Å²) >= 11 is 0. The number of benzene rings is 2. The van der Waals surface area contributed by atoms with Gasteiger partial charge in [-0.1, -0.05) is 12.1 Å². The molecule has 27 heavy (non-hydrogen) atoms. The molecule has 0 unspecified atom stereocenters. The number of rotatable bonds is 6. The molecule has 0 atom stereocenters. The predicted octanol–water partition coefficient (Wildman–Crippen LogP) is 3.63. The van der Waals surface area contributed by atoms with Crippen molar-refractivity contribution in [1.29, 1.82) is 0 Å². The average Bonchev–Trinajstić information content (AvgIpc) is 2.73. The highest BCUT2D eigenvalue weighted by Gasteiger charge is 2.18. The molecule has 1 aliphatic rings. The Morgan fingerprint density at radius 1 is 1.04 bits per heavy atom. The van der Waals surface area contributed by atoms with Crippen LogP contribution in [-0.4, -0.2) is 39.4 Å². The first-order valence-corrected chi connectivity index (χ1v) is 9.23. The van der Waals surface area contributed by atoms with Gasteiger partial charge in [-0.3, -0.25) is 0 Å². The number of hydrogen-bond donors (Lipinski definition) is 2. The highest BCUT2D eigenvalue weighted by molar-refractivity contribution is 5.89. The van der Waals surface area contributed by atoms with Crippen molar-refractivity contribution in [3.8, 4) is 5.75 Å². The van der Waals surface area contributed by atoms with Gasteiger partial charge in [-0.15, -0.1) is 0 Å². The Morgan fingerprint density at radius 3 is 2.30 bits per heavy atom. The van der Waals surface area contributed by atoms with Gasteiger partial charge in [0.25, 0.3) is 0 Å². The smallest absolute Gasteiger partial charge is 0.319 e. The minimum Gasteiger partial charge on any atom is -0.497 e. The molecule has 0 spiro atoms.